The molecule has 1 aromatic heterocycles. The van der Waals surface area contributed by atoms with Crippen LogP contribution >= 0.6 is 15.9 Å². The van der Waals surface area contributed by atoms with Crippen LogP contribution < -0.4 is 5.73 Å². The number of fused-ring (bicyclic) bond motifs is 1. The number of nitrogens with zero attached hydrogens (tertiary/aromatic N) is 3. The first-order chi connectivity index (χ1) is 12.5. The van der Waals surface area contributed by atoms with E-state index in [4.69, 9.17) is 10.5 Å². The van der Waals surface area contributed by atoms with Crippen molar-refractivity contribution in [1.82, 2.24) is 14.7 Å². The topological polar surface area (TPSA) is 73.4 Å². The van der Waals surface area contributed by atoms with Crippen LogP contribution in [0.5, 0.6) is 0 Å². The Balaban J connectivity index is 1.98. The van der Waals surface area contributed by atoms with E-state index in [2.05, 4.69) is 21.0 Å². The molecule has 0 spiro atoms. The van der Waals surface area contributed by atoms with Crippen molar-refractivity contribution < 1.29 is 13.9 Å². The number of anilines is 1. The van der Waals surface area contributed by atoms with E-state index in [1.165, 1.54) is 0 Å². The summed E-state index contributed by atoms with van der Waals surface area (Å²) in [5.74, 6) is 0.141. The molecule has 2 aromatic rings. The van der Waals surface area contributed by atoms with Crippen LogP contribution in [-0.2, 0) is 11.2 Å². The van der Waals surface area contributed by atoms with Crippen molar-refractivity contribution in [3.05, 3.63) is 39.2 Å². The summed E-state index contributed by atoms with van der Waals surface area (Å²) >= 11 is 3.23. The molecule has 0 fully saturated rings. The summed E-state index contributed by atoms with van der Waals surface area (Å²) in [4.78, 5) is 14.2. The normalized spacial score (nSPS) is 17.0. The molecule has 0 saturated carbocycles. The molecule has 1 atom stereocenters. The molecule has 1 aliphatic rings. The highest BCUT2D eigenvalue weighted by Crippen LogP contribution is 2.36. The van der Waals surface area contributed by atoms with E-state index in [-0.39, 0.29) is 18.0 Å². The zero-order chi connectivity index (χ0) is 20.1. The van der Waals surface area contributed by atoms with E-state index in [0.717, 1.165) is 11.3 Å². The average Bonchev–Trinajstić information content (AvgIpc) is 2.88. The Morgan fingerprint density at radius 2 is 2.07 bits per heavy atom. The summed E-state index contributed by atoms with van der Waals surface area (Å²) in [5, 5.41) is 4.62. The number of halogens is 2. The lowest BCUT2D eigenvalue weighted by molar-refractivity contribution is 0.0160. The van der Waals surface area contributed by atoms with Crippen LogP contribution in [0, 0.1) is 12.7 Å². The van der Waals surface area contributed by atoms with Crippen LogP contribution in [0.1, 0.15) is 50.6 Å². The summed E-state index contributed by atoms with van der Waals surface area (Å²) in [7, 11) is 0. The highest BCUT2D eigenvalue weighted by atomic mass is 79.9. The van der Waals surface area contributed by atoms with Crippen molar-refractivity contribution in [3.63, 3.8) is 0 Å². The van der Waals surface area contributed by atoms with Gasteiger partial charge in [0.25, 0.3) is 0 Å². The van der Waals surface area contributed by atoms with Crippen molar-refractivity contribution in [1.29, 1.82) is 0 Å². The summed E-state index contributed by atoms with van der Waals surface area (Å²) in [6.45, 7) is 9.63. The van der Waals surface area contributed by atoms with Crippen molar-refractivity contribution in [2.75, 3.05) is 12.3 Å². The van der Waals surface area contributed by atoms with Gasteiger partial charge in [-0.1, -0.05) is 0 Å². The third-order valence-electron chi connectivity index (χ3n) is 4.58. The Morgan fingerprint density at radius 3 is 2.67 bits per heavy atom. The number of benzene rings is 1. The van der Waals surface area contributed by atoms with Crippen LogP contribution in [0.3, 0.4) is 0 Å². The molecule has 2 N–H and O–H groups in total. The third kappa shape index (κ3) is 3.67. The summed E-state index contributed by atoms with van der Waals surface area (Å²) in [6.07, 6.45) is 0.213. The molecule has 0 aliphatic carbocycles. The molecule has 27 heavy (non-hydrogen) atoms. The van der Waals surface area contributed by atoms with Crippen molar-refractivity contribution in [3.8, 4) is 5.69 Å². The fourth-order valence-corrected chi connectivity index (χ4v) is 3.85. The number of carbonyl (C=O) groups is 1. The second-order valence-electron chi connectivity index (χ2n) is 7.82. The highest BCUT2D eigenvalue weighted by Gasteiger charge is 2.35. The quantitative estimate of drug-likeness (QED) is 0.709. The number of amides is 1. The van der Waals surface area contributed by atoms with Gasteiger partial charge in [0.15, 0.2) is 0 Å². The molecule has 3 rings (SSSR count). The van der Waals surface area contributed by atoms with Gasteiger partial charge in [-0.05, 0) is 68.2 Å². The van der Waals surface area contributed by atoms with Crippen molar-refractivity contribution >= 4 is 27.8 Å². The predicted octanol–water partition coefficient (Wildman–Crippen LogP) is 4.52. The van der Waals surface area contributed by atoms with E-state index < -0.39 is 5.60 Å². The van der Waals surface area contributed by atoms with Crippen LogP contribution in [0.4, 0.5) is 15.0 Å². The molecule has 6 nitrogen and oxygen atoms in total. The number of rotatable bonds is 1. The lowest BCUT2D eigenvalue weighted by Crippen LogP contribution is -2.42. The van der Waals surface area contributed by atoms with Gasteiger partial charge in [-0.15, -0.1) is 0 Å². The summed E-state index contributed by atoms with van der Waals surface area (Å²) in [5.41, 5.74) is 8.64. The molecule has 8 heteroatoms. The number of hydrogen-bond donors (Lipinski definition) is 1. The second-order valence-corrected chi connectivity index (χ2v) is 8.67. The van der Waals surface area contributed by atoms with Gasteiger partial charge < -0.3 is 15.4 Å². The molecular formula is C19H24BrFN4O2. The molecule has 146 valence electrons. The smallest absolute Gasteiger partial charge is 0.410 e. The first-order valence-corrected chi connectivity index (χ1v) is 9.62. The van der Waals surface area contributed by atoms with E-state index in [1.54, 1.807) is 28.6 Å². The van der Waals surface area contributed by atoms with Gasteiger partial charge in [0.1, 0.15) is 17.2 Å². The number of ether oxygens (including phenoxy) is 1. The maximum absolute atomic E-state index is 13.9. The number of hydrogen-bond acceptors (Lipinski definition) is 4. The van der Waals surface area contributed by atoms with E-state index in [0.29, 0.717) is 34.5 Å². The van der Waals surface area contributed by atoms with Crippen LogP contribution in [-0.4, -0.2) is 32.9 Å². The Labute approximate surface area is 166 Å². The number of carbonyl (C=O) groups excluding carboxylic acids is 1. The van der Waals surface area contributed by atoms with E-state index in [1.807, 2.05) is 27.7 Å². The first kappa shape index (κ1) is 19.7. The second kappa shape index (κ2) is 6.82. The van der Waals surface area contributed by atoms with E-state index in [9.17, 15) is 9.18 Å². The minimum atomic E-state index is -0.565. The Bertz CT molecular complexity index is 881. The van der Waals surface area contributed by atoms with Gasteiger partial charge in [-0.25, -0.2) is 13.9 Å². The maximum atomic E-state index is 13.9. The minimum absolute atomic E-state index is 0.262. The number of aromatic nitrogens is 2. The van der Waals surface area contributed by atoms with Crippen molar-refractivity contribution in [2.45, 2.75) is 52.7 Å². The number of nitrogen functional groups attached to an aromatic ring is 1. The van der Waals surface area contributed by atoms with E-state index >= 15 is 0 Å². The van der Waals surface area contributed by atoms with Gasteiger partial charge >= 0.3 is 6.09 Å². The SMILES string of the molecule is Cc1cc(-n2nc3c(c2N)[C@H](C)N(C(=O)OC(C)(C)C)CC3)cc(Br)c1F. The Morgan fingerprint density at radius 1 is 1.41 bits per heavy atom. The lowest BCUT2D eigenvalue weighted by Gasteiger charge is -2.34. The van der Waals surface area contributed by atoms with Gasteiger partial charge in [0.05, 0.1) is 21.9 Å². The zero-order valence-electron chi connectivity index (χ0n) is 16.1. The maximum Gasteiger partial charge on any atom is 0.410 e. The Hall–Kier alpha value is -2.09. The van der Waals surface area contributed by atoms with Gasteiger partial charge in [-0.3, -0.25) is 0 Å². The zero-order valence-corrected chi connectivity index (χ0v) is 17.7. The van der Waals surface area contributed by atoms with Gasteiger partial charge in [0.2, 0.25) is 0 Å². The fourth-order valence-electron chi connectivity index (χ4n) is 3.30. The average molecular weight is 439 g/mol. The fraction of sp³-hybridized carbons (Fsp3) is 0.474. The largest absolute Gasteiger partial charge is 0.444 e. The first-order valence-electron chi connectivity index (χ1n) is 8.82. The predicted molar refractivity (Wildman–Crippen MR) is 105 cm³/mol. The molecule has 2 heterocycles. The van der Waals surface area contributed by atoms with Crippen molar-refractivity contribution in [2.24, 2.45) is 0 Å². The monoisotopic (exact) mass is 438 g/mol. The molecule has 1 amide bonds. The minimum Gasteiger partial charge on any atom is -0.444 e. The molecule has 1 aromatic carbocycles. The number of nitrogens with two attached hydrogens (primary N) is 1. The molecule has 1 aliphatic heterocycles. The third-order valence-corrected chi connectivity index (χ3v) is 5.16. The summed E-state index contributed by atoms with van der Waals surface area (Å²) < 4.78 is 21.4. The van der Waals surface area contributed by atoms with Crippen LogP contribution in [0.15, 0.2) is 16.6 Å². The molecule has 0 bridgehead atoms. The Kier molecular flexibility index (Phi) is 4.96. The van der Waals surface area contributed by atoms with Gasteiger partial charge in [-0.2, -0.15) is 5.10 Å². The number of aryl methyl sites for hydroxylation is 1. The summed E-state index contributed by atoms with van der Waals surface area (Å²) in [6, 6.07) is 3.08. The molecule has 0 saturated heterocycles. The standard InChI is InChI=1S/C19H24BrFN4O2/c1-10-8-12(9-13(20)16(10)21)25-17(22)15-11(2)24(7-6-14(15)23-25)18(26)27-19(3,4)5/h8-9,11H,6-7,22H2,1-5H3/t11-/m0/s1. The van der Waals surface area contributed by atoms with Crippen LogP contribution in [0.25, 0.3) is 5.69 Å². The lowest BCUT2D eigenvalue weighted by atomic mass is 10.00. The van der Waals surface area contributed by atoms with Crippen LogP contribution in [0.2, 0.25) is 0 Å². The molecule has 0 radical (unpaired) electrons. The van der Waals surface area contributed by atoms with Gasteiger partial charge in [0, 0.05) is 18.5 Å². The molecular weight excluding hydrogens is 415 g/mol. The molecule has 0 unspecified atom stereocenters. The highest BCUT2D eigenvalue weighted by molar-refractivity contribution is 9.10.